The SMILES string of the molecule is CCCCN(CCCC)CCCOc1ccc(S(=O)(=O)c2ccc(C)cc2)cc1.O=C(O)C(=O)O. The van der Waals surface area contributed by atoms with Crippen LogP contribution in [0.15, 0.2) is 58.3 Å². The first-order valence-corrected chi connectivity index (χ1v) is 13.3. The molecule has 0 spiro atoms. The van der Waals surface area contributed by atoms with Gasteiger partial charge < -0.3 is 19.8 Å². The van der Waals surface area contributed by atoms with E-state index in [0.29, 0.717) is 22.1 Å². The average molecular weight is 508 g/mol. The van der Waals surface area contributed by atoms with Crippen molar-refractivity contribution in [3.63, 3.8) is 0 Å². The zero-order valence-electron chi connectivity index (χ0n) is 20.8. The lowest BCUT2D eigenvalue weighted by molar-refractivity contribution is -0.159. The average Bonchev–Trinajstić information content (AvgIpc) is 2.84. The molecule has 0 saturated heterocycles. The first-order valence-electron chi connectivity index (χ1n) is 11.8. The second-order valence-electron chi connectivity index (χ2n) is 8.15. The van der Waals surface area contributed by atoms with Crippen LogP contribution >= 0.6 is 0 Å². The Morgan fingerprint density at radius 3 is 1.63 bits per heavy atom. The molecule has 0 fully saturated rings. The lowest BCUT2D eigenvalue weighted by Crippen LogP contribution is -2.28. The van der Waals surface area contributed by atoms with E-state index in [1.54, 1.807) is 36.4 Å². The van der Waals surface area contributed by atoms with Crippen LogP contribution in [0.3, 0.4) is 0 Å². The lowest BCUT2D eigenvalue weighted by atomic mass is 10.2. The van der Waals surface area contributed by atoms with Gasteiger partial charge in [-0.05, 0) is 75.7 Å². The molecule has 0 saturated carbocycles. The van der Waals surface area contributed by atoms with Crippen LogP contribution in [-0.4, -0.2) is 61.7 Å². The van der Waals surface area contributed by atoms with Gasteiger partial charge in [0, 0.05) is 6.54 Å². The Morgan fingerprint density at radius 2 is 1.20 bits per heavy atom. The second kappa shape index (κ2) is 15.9. The highest BCUT2D eigenvalue weighted by atomic mass is 32.2. The number of rotatable bonds is 13. The molecule has 0 aliphatic rings. The Balaban J connectivity index is 0.000000905. The van der Waals surface area contributed by atoms with Gasteiger partial charge >= 0.3 is 11.9 Å². The number of unbranched alkanes of at least 4 members (excludes halogenated alkanes) is 2. The molecule has 0 unspecified atom stereocenters. The van der Waals surface area contributed by atoms with E-state index in [1.807, 2.05) is 19.1 Å². The van der Waals surface area contributed by atoms with Crippen molar-refractivity contribution in [3.05, 3.63) is 54.1 Å². The van der Waals surface area contributed by atoms with Crippen molar-refractivity contribution < 1.29 is 33.0 Å². The second-order valence-corrected chi connectivity index (χ2v) is 10.1. The van der Waals surface area contributed by atoms with Gasteiger partial charge in [-0.1, -0.05) is 44.4 Å². The zero-order chi connectivity index (χ0) is 26.3. The van der Waals surface area contributed by atoms with Crippen LogP contribution in [0, 0.1) is 6.92 Å². The van der Waals surface area contributed by atoms with Crippen molar-refractivity contribution in [2.45, 2.75) is 62.7 Å². The van der Waals surface area contributed by atoms with E-state index in [4.69, 9.17) is 24.5 Å². The maximum atomic E-state index is 12.7. The largest absolute Gasteiger partial charge is 0.494 e. The molecule has 194 valence electrons. The number of carbonyl (C=O) groups is 2. The van der Waals surface area contributed by atoms with Gasteiger partial charge in [0.15, 0.2) is 0 Å². The normalized spacial score (nSPS) is 11.0. The minimum absolute atomic E-state index is 0.291. The minimum Gasteiger partial charge on any atom is -0.494 e. The van der Waals surface area contributed by atoms with Gasteiger partial charge in [-0.2, -0.15) is 0 Å². The summed E-state index contributed by atoms with van der Waals surface area (Å²) in [5.41, 5.74) is 1.04. The summed E-state index contributed by atoms with van der Waals surface area (Å²) in [6, 6.07) is 13.7. The fourth-order valence-electron chi connectivity index (χ4n) is 3.15. The molecular weight excluding hydrogens is 470 g/mol. The first-order chi connectivity index (χ1) is 16.6. The van der Waals surface area contributed by atoms with Gasteiger partial charge in [-0.15, -0.1) is 0 Å². The van der Waals surface area contributed by atoms with Gasteiger partial charge in [0.25, 0.3) is 0 Å². The third-order valence-electron chi connectivity index (χ3n) is 5.19. The molecule has 0 amide bonds. The summed E-state index contributed by atoms with van der Waals surface area (Å²) in [5, 5.41) is 14.8. The molecule has 35 heavy (non-hydrogen) atoms. The van der Waals surface area contributed by atoms with Crippen molar-refractivity contribution in [2.75, 3.05) is 26.2 Å². The molecule has 0 atom stereocenters. The smallest absolute Gasteiger partial charge is 0.414 e. The number of carboxylic acid groups (broad SMARTS) is 2. The van der Waals surface area contributed by atoms with Crippen LogP contribution in [0.1, 0.15) is 51.5 Å². The molecule has 2 rings (SSSR count). The van der Waals surface area contributed by atoms with Crippen LogP contribution in [0.25, 0.3) is 0 Å². The number of aliphatic carboxylic acids is 2. The maximum Gasteiger partial charge on any atom is 0.414 e. The quantitative estimate of drug-likeness (QED) is 0.297. The highest BCUT2D eigenvalue weighted by molar-refractivity contribution is 7.91. The van der Waals surface area contributed by atoms with Crippen molar-refractivity contribution in [2.24, 2.45) is 0 Å². The van der Waals surface area contributed by atoms with Crippen molar-refractivity contribution in [3.8, 4) is 5.75 Å². The van der Waals surface area contributed by atoms with Gasteiger partial charge in [0.2, 0.25) is 9.84 Å². The van der Waals surface area contributed by atoms with E-state index in [-0.39, 0.29) is 0 Å². The highest BCUT2D eigenvalue weighted by Gasteiger charge is 2.17. The summed E-state index contributed by atoms with van der Waals surface area (Å²) in [6.07, 6.45) is 5.88. The van der Waals surface area contributed by atoms with Crippen LogP contribution in [0.2, 0.25) is 0 Å². The van der Waals surface area contributed by atoms with Gasteiger partial charge in [0.1, 0.15) is 5.75 Å². The van der Waals surface area contributed by atoms with E-state index < -0.39 is 21.8 Å². The van der Waals surface area contributed by atoms with Gasteiger partial charge in [0.05, 0.1) is 16.4 Å². The van der Waals surface area contributed by atoms with Gasteiger partial charge in [-0.3, -0.25) is 0 Å². The number of aryl methyl sites for hydroxylation is 1. The van der Waals surface area contributed by atoms with Crippen molar-refractivity contribution in [1.82, 2.24) is 4.90 Å². The summed E-state index contributed by atoms with van der Waals surface area (Å²) in [4.78, 5) is 21.3. The topological polar surface area (TPSA) is 121 Å². The van der Waals surface area contributed by atoms with Crippen LogP contribution in [-0.2, 0) is 19.4 Å². The molecule has 2 aromatic rings. The van der Waals surface area contributed by atoms with E-state index >= 15 is 0 Å². The predicted molar refractivity (Wildman–Crippen MR) is 135 cm³/mol. The Hall–Kier alpha value is -2.91. The fourth-order valence-corrected chi connectivity index (χ4v) is 4.41. The highest BCUT2D eigenvalue weighted by Crippen LogP contribution is 2.23. The van der Waals surface area contributed by atoms with Crippen LogP contribution in [0.4, 0.5) is 0 Å². The molecule has 0 aliphatic heterocycles. The number of benzene rings is 2. The first kappa shape index (κ1) is 30.1. The van der Waals surface area contributed by atoms with Crippen LogP contribution in [0.5, 0.6) is 5.75 Å². The summed E-state index contributed by atoms with van der Waals surface area (Å²) in [7, 11) is -3.49. The van der Waals surface area contributed by atoms with E-state index in [9.17, 15) is 8.42 Å². The number of ether oxygens (including phenoxy) is 1. The monoisotopic (exact) mass is 507 g/mol. The summed E-state index contributed by atoms with van der Waals surface area (Å²) >= 11 is 0. The third-order valence-corrected chi connectivity index (χ3v) is 6.98. The molecule has 2 aromatic carbocycles. The molecule has 0 heterocycles. The number of carboxylic acids is 2. The Morgan fingerprint density at radius 1 is 0.771 bits per heavy atom. The zero-order valence-corrected chi connectivity index (χ0v) is 21.6. The van der Waals surface area contributed by atoms with Crippen molar-refractivity contribution in [1.29, 1.82) is 0 Å². The summed E-state index contributed by atoms with van der Waals surface area (Å²) < 4.78 is 31.3. The Labute approximate surface area is 208 Å². The summed E-state index contributed by atoms with van der Waals surface area (Å²) in [6.45, 7) is 10.4. The van der Waals surface area contributed by atoms with E-state index in [0.717, 1.165) is 31.6 Å². The maximum absolute atomic E-state index is 12.7. The van der Waals surface area contributed by atoms with Gasteiger partial charge in [-0.25, -0.2) is 18.0 Å². The third kappa shape index (κ3) is 11.4. The molecule has 9 heteroatoms. The van der Waals surface area contributed by atoms with E-state index in [1.165, 1.54) is 25.7 Å². The molecular formula is C26H37NO7S. The lowest BCUT2D eigenvalue weighted by Gasteiger charge is -2.21. The number of nitrogens with zero attached hydrogens (tertiary/aromatic N) is 1. The molecule has 8 nitrogen and oxygen atoms in total. The van der Waals surface area contributed by atoms with E-state index in [2.05, 4.69) is 18.7 Å². The number of hydrogen-bond acceptors (Lipinski definition) is 6. The fraction of sp³-hybridized carbons (Fsp3) is 0.462. The Bertz CT molecular complexity index is 983. The Kier molecular flexibility index (Phi) is 13.7. The molecule has 0 aromatic heterocycles. The number of hydrogen-bond donors (Lipinski definition) is 2. The van der Waals surface area contributed by atoms with Crippen molar-refractivity contribution >= 4 is 21.8 Å². The minimum atomic E-state index is -3.49. The summed E-state index contributed by atoms with van der Waals surface area (Å²) in [5.74, 6) is -2.94. The molecule has 2 N–H and O–H groups in total. The molecule has 0 aliphatic carbocycles. The standard InChI is InChI=1S/C24H35NO3S.C2H2O4/c1-4-6-17-25(18-7-5-2)19-8-20-28-22-11-15-24(16-12-22)29(26,27)23-13-9-21(3)10-14-23;3-1(4)2(5)6/h9-16H,4-8,17-20H2,1-3H3;(H,3,4)(H,5,6). The molecule has 0 radical (unpaired) electrons. The predicted octanol–water partition coefficient (Wildman–Crippen LogP) is 4.65. The van der Waals surface area contributed by atoms with Crippen LogP contribution < -0.4 is 4.74 Å². The molecule has 0 bridgehead atoms. The number of sulfone groups is 1.